The zero-order valence-electron chi connectivity index (χ0n) is 19.4. The summed E-state index contributed by atoms with van der Waals surface area (Å²) in [4.78, 5) is 19.7. The van der Waals surface area contributed by atoms with Gasteiger partial charge in [0, 0.05) is 42.3 Å². The molecule has 1 aliphatic rings. The Hall–Kier alpha value is -3.58. The fraction of sp³-hybridized carbons (Fsp3) is 0.308. The third-order valence-corrected chi connectivity index (χ3v) is 6.12. The Morgan fingerprint density at radius 2 is 1.73 bits per heavy atom. The van der Waals surface area contributed by atoms with Crippen molar-refractivity contribution < 1.29 is 19.0 Å². The maximum absolute atomic E-state index is 13.3. The Bertz CT molecular complexity index is 1090. The van der Waals surface area contributed by atoms with E-state index in [0.717, 1.165) is 18.5 Å². The molecule has 0 bridgehead atoms. The van der Waals surface area contributed by atoms with Crippen molar-refractivity contribution in [3.05, 3.63) is 77.6 Å². The van der Waals surface area contributed by atoms with Gasteiger partial charge in [-0.15, -0.1) is 0 Å². The van der Waals surface area contributed by atoms with Crippen molar-refractivity contribution in [2.45, 2.75) is 25.0 Å². The lowest BCUT2D eigenvalue weighted by atomic mass is 10.0. The second-order valence-electron chi connectivity index (χ2n) is 8.00. The predicted molar refractivity (Wildman–Crippen MR) is 128 cm³/mol. The maximum Gasteiger partial charge on any atom is 0.203 e. The standard InChI is InChI=1S/C26H29N3O4/c1-29(24-11-10-21(28-24)18-8-6-12-27-16-18)20-9-5-7-17(13-20)25(30)19-14-22(31-2)26(33-4)23(15-19)32-3/h5-9,12-16,21,24,28H,10-11H2,1-4H3. The smallest absolute Gasteiger partial charge is 0.203 e. The summed E-state index contributed by atoms with van der Waals surface area (Å²) >= 11 is 0. The normalized spacial score (nSPS) is 17.5. The lowest BCUT2D eigenvalue weighted by Crippen LogP contribution is -2.40. The average molecular weight is 448 g/mol. The molecule has 3 aromatic rings. The number of hydrogen-bond acceptors (Lipinski definition) is 7. The minimum Gasteiger partial charge on any atom is -0.493 e. The van der Waals surface area contributed by atoms with Crippen LogP contribution in [0.5, 0.6) is 17.2 Å². The molecule has 1 N–H and O–H groups in total. The molecule has 1 saturated heterocycles. The van der Waals surface area contributed by atoms with Crippen LogP contribution in [0.2, 0.25) is 0 Å². The Morgan fingerprint density at radius 1 is 0.970 bits per heavy atom. The van der Waals surface area contributed by atoms with Crippen LogP contribution in [-0.4, -0.2) is 45.3 Å². The van der Waals surface area contributed by atoms with E-state index in [1.165, 1.54) is 26.9 Å². The number of methoxy groups -OCH3 is 3. The van der Waals surface area contributed by atoms with Crippen LogP contribution in [0.15, 0.2) is 60.9 Å². The second-order valence-corrected chi connectivity index (χ2v) is 8.00. The number of aromatic nitrogens is 1. The first-order valence-corrected chi connectivity index (χ1v) is 10.9. The van der Waals surface area contributed by atoms with Gasteiger partial charge in [0.05, 0.1) is 27.5 Å². The van der Waals surface area contributed by atoms with Crippen molar-refractivity contribution in [3.63, 3.8) is 0 Å². The van der Waals surface area contributed by atoms with E-state index in [-0.39, 0.29) is 18.0 Å². The highest BCUT2D eigenvalue weighted by Crippen LogP contribution is 2.39. The molecule has 0 saturated carbocycles. The van der Waals surface area contributed by atoms with Gasteiger partial charge in [-0.05, 0) is 48.7 Å². The summed E-state index contributed by atoms with van der Waals surface area (Å²) in [5.41, 5.74) is 3.23. The zero-order valence-corrected chi connectivity index (χ0v) is 19.4. The van der Waals surface area contributed by atoms with E-state index >= 15 is 0 Å². The highest BCUT2D eigenvalue weighted by atomic mass is 16.5. The summed E-state index contributed by atoms with van der Waals surface area (Å²) in [6.45, 7) is 0. The number of carbonyl (C=O) groups is 1. The topological polar surface area (TPSA) is 72.9 Å². The first-order chi connectivity index (χ1) is 16.0. The third-order valence-electron chi connectivity index (χ3n) is 6.12. The third kappa shape index (κ3) is 4.64. The van der Waals surface area contributed by atoms with Gasteiger partial charge in [-0.3, -0.25) is 15.1 Å². The molecular weight excluding hydrogens is 418 g/mol. The first kappa shape index (κ1) is 22.6. The summed E-state index contributed by atoms with van der Waals surface area (Å²) in [6.07, 6.45) is 5.91. The number of carbonyl (C=O) groups excluding carboxylic acids is 1. The molecule has 0 spiro atoms. The van der Waals surface area contributed by atoms with E-state index < -0.39 is 0 Å². The quantitative estimate of drug-likeness (QED) is 0.518. The largest absolute Gasteiger partial charge is 0.493 e. The van der Waals surface area contributed by atoms with Crippen molar-refractivity contribution in [2.24, 2.45) is 0 Å². The fourth-order valence-electron chi connectivity index (χ4n) is 4.30. The molecule has 33 heavy (non-hydrogen) atoms. The molecule has 0 radical (unpaired) electrons. The highest BCUT2D eigenvalue weighted by Gasteiger charge is 2.28. The molecule has 2 heterocycles. The minimum atomic E-state index is -0.114. The van der Waals surface area contributed by atoms with Crippen LogP contribution in [0, 0.1) is 0 Å². The van der Waals surface area contributed by atoms with Crippen LogP contribution >= 0.6 is 0 Å². The lowest BCUT2D eigenvalue weighted by molar-refractivity contribution is 0.103. The van der Waals surface area contributed by atoms with Gasteiger partial charge in [-0.25, -0.2) is 0 Å². The molecule has 0 aliphatic carbocycles. The maximum atomic E-state index is 13.3. The number of ketones is 1. The van der Waals surface area contributed by atoms with Crippen LogP contribution in [0.4, 0.5) is 5.69 Å². The van der Waals surface area contributed by atoms with Gasteiger partial charge in [-0.2, -0.15) is 0 Å². The monoisotopic (exact) mass is 447 g/mol. The van der Waals surface area contributed by atoms with Gasteiger partial charge in [-0.1, -0.05) is 18.2 Å². The first-order valence-electron chi connectivity index (χ1n) is 10.9. The number of ether oxygens (including phenoxy) is 3. The van der Waals surface area contributed by atoms with Crippen LogP contribution in [0.1, 0.15) is 40.4 Å². The summed E-state index contributed by atoms with van der Waals surface area (Å²) in [6, 6.07) is 15.4. The van der Waals surface area contributed by atoms with Gasteiger partial charge in [0.2, 0.25) is 5.75 Å². The molecule has 1 aliphatic heterocycles. The molecule has 172 valence electrons. The van der Waals surface area contributed by atoms with Gasteiger partial charge >= 0.3 is 0 Å². The second kappa shape index (κ2) is 9.92. The van der Waals surface area contributed by atoms with Gasteiger partial charge in [0.15, 0.2) is 17.3 Å². The molecule has 0 amide bonds. The SMILES string of the molecule is COc1cc(C(=O)c2cccc(N(C)C3CCC(c4cccnc4)N3)c2)cc(OC)c1OC. The number of benzene rings is 2. The van der Waals surface area contributed by atoms with Crippen molar-refractivity contribution in [2.75, 3.05) is 33.3 Å². The van der Waals surface area contributed by atoms with E-state index in [0.29, 0.717) is 28.4 Å². The number of nitrogens with zero attached hydrogens (tertiary/aromatic N) is 2. The van der Waals surface area contributed by atoms with E-state index in [1.807, 2.05) is 43.6 Å². The van der Waals surface area contributed by atoms with Gasteiger partial charge in [0.25, 0.3) is 0 Å². The van der Waals surface area contributed by atoms with Gasteiger partial charge in [0.1, 0.15) is 0 Å². The van der Waals surface area contributed by atoms with E-state index in [2.05, 4.69) is 21.3 Å². The number of pyridine rings is 1. The Labute approximate surface area is 194 Å². The minimum absolute atomic E-state index is 0.114. The van der Waals surface area contributed by atoms with Gasteiger partial charge < -0.3 is 19.1 Å². The van der Waals surface area contributed by atoms with Crippen molar-refractivity contribution in [1.82, 2.24) is 10.3 Å². The highest BCUT2D eigenvalue weighted by molar-refractivity contribution is 6.10. The van der Waals surface area contributed by atoms with Crippen LogP contribution in [0.3, 0.4) is 0 Å². The summed E-state index contributed by atoms with van der Waals surface area (Å²) in [7, 11) is 6.66. The molecule has 1 fully saturated rings. The molecule has 1 aromatic heterocycles. The van der Waals surface area contributed by atoms with Crippen LogP contribution < -0.4 is 24.4 Å². The number of rotatable bonds is 8. The lowest BCUT2D eigenvalue weighted by Gasteiger charge is -2.28. The summed E-state index contributed by atoms with van der Waals surface area (Å²) in [5, 5.41) is 3.68. The molecule has 2 atom stereocenters. The average Bonchev–Trinajstić information content (AvgIpc) is 3.38. The Morgan fingerprint density at radius 3 is 2.36 bits per heavy atom. The molecule has 7 nitrogen and oxygen atoms in total. The van der Waals surface area contributed by atoms with E-state index in [4.69, 9.17) is 14.2 Å². The number of nitrogens with one attached hydrogen (secondary N) is 1. The number of hydrogen-bond donors (Lipinski definition) is 1. The fourth-order valence-corrected chi connectivity index (χ4v) is 4.30. The van der Waals surface area contributed by atoms with Crippen LogP contribution in [0.25, 0.3) is 0 Å². The van der Waals surface area contributed by atoms with Crippen molar-refractivity contribution in [3.8, 4) is 17.2 Å². The number of anilines is 1. The Kier molecular flexibility index (Phi) is 6.79. The molecular formula is C26H29N3O4. The van der Waals surface area contributed by atoms with Crippen molar-refractivity contribution >= 4 is 11.5 Å². The molecule has 7 heteroatoms. The molecule has 2 unspecified atom stereocenters. The van der Waals surface area contributed by atoms with Crippen molar-refractivity contribution in [1.29, 1.82) is 0 Å². The molecule has 4 rings (SSSR count). The van der Waals surface area contributed by atoms with E-state index in [1.54, 1.807) is 18.3 Å². The Balaban J connectivity index is 1.55. The predicted octanol–water partition coefficient (Wildman–Crippen LogP) is 4.23. The van der Waals surface area contributed by atoms with E-state index in [9.17, 15) is 4.79 Å². The molecule has 2 aromatic carbocycles. The van der Waals surface area contributed by atoms with Crippen LogP contribution in [-0.2, 0) is 0 Å². The summed E-state index contributed by atoms with van der Waals surface area (Å²) in [5.74, 6) is 1.24. The zero-order chi connectivity index (χ0) is 23.4. The summed E-state index contributed by atoms with van der Waals surface area (Å²) < 4.78 is 16.2.